The van der Waals surface area contributed by atoms with Gasteiger partial charge in [-0.1, -0.05) is 42.5 Å². The third-order valence-electron chi connectivity index (χ3n) is 9.99. The Kier molecular flexibility index (Phi) is 6.44. The molecule has 0 spiro atoms. The number of aliphatic hydroxyl groups excluding tert-OH is 2. The van der Waals surface area contributed by atoms with E-state index in [1.54, 1.807) is 6.07 Å². The van der Waals surface area contributed by atoms with Gasteiger partial charge in [0.1, 0.15) is 22.8 Å². The van der Waals surface area contributed by atoms with Crippen LogP contribution in [0.4, 0.5) is 0 Å². The van der Waals surface area contributed by atoms with E-state index in [2.05, 4.69) is 22.2 Å². The largest absolute Gasteiger partial charge is 0.511 e. The number of carbonyl (C=O) groups excluding carboxylic acids is 3. The van der Waals surface area contributed by atoms with Crippen molar-refractivity contribution in [3.05, 3.63) is 92.8 Å². The number of hydrogen-bond donors (Lipinski definition) is 4. The maximum Gasteiger partial charge on any atom is 0.255 e. The second-order valence-electron chi connectivity index (χ2n) is 12.3. The van der Waals surface area contributed by atoms with Crippen molar-refractivity contribution >= 4 is 28.2 Å². The highest BCUT2D eigenvalue weighted by molar-refractivity contribution is 6.25. The molecule has 0 saturated carbocycles. The van der Waals surface area contributed by atoms with Gasteiger partial charge in [-0.15, -0.1) is 4.91 Å². The summed E-state index contributed by atoms with van der Waals surface area (Å²) in [6, 6.07) is 15.5. The molecular formula is C34H31N3O7. The fourth-order valence-corrected chi connectivity index (χ4v) is 7.95. The fraction of sp³-hybridized carbons (Fsp3) is 0.324. The first-order valence-corrected chi connectivity index (χ1v) is 14.8. The minimum atomic E-state index is -2.47. The van der Waals surface area contributed by atoms with E-state index >= 15 is 0 Å². The Morgan fingerprint density at radius 2 is 1.66 bits per heavy atom. The molecule has 0 radical (unpaired) electrons. The van der Waals surface area contributed by atoms with Crippen molar-refractivity contribution in [1.82, 2.24) is 4.90 Å². The smallest absolute Gasteiger partial charge is 0.255 e. The van der Waals surface area contributed by atoms with Gasteiger partial charge < -0.3 is 21.1 Å². The summed E-state index contributed by atoms with van der Waals surface area (Å²) in [5, 5.41) is 38.0. The SMILES string of the molecule is NC(=O)C1=C(O)C[C@@H]2C[C@@H]3Cc4c(-c5ccc(CN6CCCC6)c6ccccc56)ccc(O)c4C(=O)C3=C(O)[C@]2(N=O)C1=O. The second kappa shape index (κ2) is 10.1. The molecule has 0 unspecified atom stereocenters. The number of amides is 1. The quantitative estimate of drug-likeness (QED) is 0.242. The number of aliphatic hydroxyl groups is 2. The average molecular weight is 594 g/mol. The number of nitrogens with zero attached hydrogens (tertiary/aromatic N) is 2. The molecular weight excluding hydrogens is 562 g/mol. The van der Waals surface area contributed by atoms with E-state index < -0.39 is 51.9 Å². The maximum atomic E-state index is 14.1. The van der Waals surface area contributed by atoms with Crippen molar-refractivity contribution in [2.24, 2.45) is 22.7 Å². The fourth-order valence-electron chi connectivity index (χ4n) is 7.95. The number of ketones is 2. The Morgan fingerprint density at radius 1 is 0.955 bits per heavy atom. The number of likely N-dealkylation sites (tertiary alicyclic amines) is 1. The molecule has 3 aliphatic carbocycles. The van der Waals surface area contributed by atoms with Crippen LogP contribution in [0.25, 0.3) is 21.9 Å². The van der Waals surface area contributed by atoms with Gasteiger partial charge in [-0.25, -0.2) is 0 Å². The lowest BCUT2D eigenvalue weighted by Crippen LogP contribution is -2.55. The molecule has 10 nitrogen and oxygen atoms in total. The van der Waals surface area contributed by atoms with Crippen LogP contribution in [0, 0.1) is 16.7 Å². The number of benzene rings is 3. The monoisotopic (exact) mass is 593 g/mol. The molecule has 3 aromatic rings. The molecule has 5 N–H and O–H groups in total. The molecule has 7 rings (SSSR count). The first-order chi connectivity index (χ1) is 21.2. The number of primary amides is 1. The Bertz CT molecular complexity index is 1870. The third-order valence-corrected chi connectivity index (χ3v) is 9.99. The van der Waals surface area contributed by atoms with Crippen LogP contribution in [0.15, 0.2) is 76.4 Å². The Balaban J connectivity index is 1.37. The van der Waals surface area contributed by atoms with Crippen LogP contribution in [0.2, 0.25) is 0 Å². The van der Waals surface area contributed by atoms with E-state index in [1.165, 1.54) is 24.5 Å². The molecule has 1 aliphatic heterocycles. The number of fused-ring (bicyclic) bond motifs is 4. The summed E-state index contributed by atoms with van der Waals surface area (Å²) in [4.78, 5) is 54.2. The number of nitrogens with two attached hydrogens (primary N) is 1. The lowest BCUT2D eigenvalue weighted by Gasteiger charge is -2.44. The summed E-state index contributed by atoms with van der Waals surface area (Å²) in [7, 11) is 0. The van der Waals surface area contributed by atoms with Gasteiger partial charge in [0.05, 0.1) is 5.56 Å². The van der Waals surface area contributed by atoms with E-state index in [9.17, 15) is 34.6 Å². The summed E-state index contributed by atoms with van der Waals surface area (Å²) in [5.74, 6) is -6.52. The van der Waals surface area contributed by atoms with Crippen LogP contribution >= 0.6 is 0 Å². The number of allylic oxidation sites excluding steroid dienone is 2. The highest BCUT2D eigenvalue weighted by atomic mass is 16.3. The number of phenolic OH excluding ortho intramolecular Hbond substituents is 1. The minimum Gasteiger partial charge on any atom is -0.511 e. The summed E-state index contributed by atoms with van der Waals surface area (Å²) in [6.07, 6.45) is 2.38. The van der Waals surface area contributed by atoms with Crippen LogP contribution < -0.4 is 5.73 Å². The van der Waals surface area contributed by atoms with Crippen molar-refractivity contribution in [3.8, 4) is 16.9 Å². The van der Waals surface area contributed by atoms with Gasteiger partial charge in [-0.05, 0) is 89.0 Å². The molecule has 10 heteroatoms. The summed E-state index contributed by atoms with van der Waals surface area (Å²) < 4.78 is 0. The number of rotatable bonds is 5. The van der Waals surface area contributed by atoms with E-state index in [0.717, 1.165) is 41.5 Å². The van der Waals surface area contributed by atoms with Gasteiger partial charge in [0, 0.05) is 24.5 Å². The van der Waals surface area contributed by atoms with Crippen molar-refractivity contribution in [2.75, 3.05) is 13.1 Å². The van der Waals surface area contributed by atoms with E-state index in [-0.39, 0.29) is 36.1 Å². The normalized spacial score (nSPS) is 25.2. The predicted octanol–water partition coefficient (Wildman–Crippen LogP) is 4.77. The molecule has 3 atom stereocenters. The van der Waals surface area contributed by atoms with Gasteiger partial charge >= 0.3 is 0 Å². The lowest BCUT2D eigenvalue weighted by atomic mass is 9.58. The number of nitroso groups, excluding NO2 is 1. The van der Waals surface area contributed by atoms with E-state index in [0.29, 0.717) is 5.56 Å². The maximum absolute atomic E-state index is 14.1. The summed E-state index contributed by atoms with van der Waals surface area (Å²) in [6.45, 7) is 2.98. The molecule has 0 aromatic heterocycles. The number of hydrogen-bond acceptors (Lipinski definition) is 9. The van der Waals surface area contributed by atoms with Crippen molar-refractivity contribution < 1.29 is 29.7 Å². The Labute approximate surface area is 252 Å². The summed E-state index contributed by atoms with van der Waals surface area (Å²) >= 11 is 0. The number of carbonyl (C=O) groups is 3. The molecule has 4 aliphatic rings. The lowest BCUT2D eigenvalue weighted by molar-refractivity contribution is -0.127. The molecule has 44 heavy (non-hydrogen) atoms. The molecule has 0 bridgehead atoms. The minimum absolute atomic E-state index is 0.0122. The van der Waals surface area contributed by atoms with E-state index in [4.69, 9.17) is 5.73 Å². The van der Waals surface area contributed by atoms with Crippen LogP contribution in [0.1, 0.15) is 47.2 Å². The molecule has 224 valence electrons. The first kappa shape index (κ1) is 28.0. The number of phenols is 1. The zero-order chi connectivity index (χ0) is 30.9. The van der Waals surface area contributed by atoms with Crippen LogP contribution in [-0.4, -0.2) is 56.3 Å². The number of aromatic hydroxyl groups is 1. The number of Topliss-reactive ketones (excluding diaryl/α,β-unsaturated/α-hetero) is 2. The zero-order valence-corrected chi connectivity index (χ0v) is 23.9. The molecule has 1 heterocycles. The Morgan fingerprint density at radius 3 is 2.36 bits per heavy atom. The highest BCUT2D eigenvalue weighted by Gasteiger charge is 2.62. The van der Waals surface area contributed by atoms with Gasteiger partial charge in [0.2, 0.25) is 11.3 Å². The van der Waals surface area contributed by atoms with Crippen molar-refractivity contribution in [1.29, 1.82) is 0 Å². The molecule has 1 fully saturated rings. The van der Waals surface area contributed by atoms with Crippen LogP contribution in [-0.2, 0) is 22.6 Å². The standard InChI is InChI=1S/C34H31N3O7/c35-33(43)29-26(39)15-19-13-18-14-24-23(9-10-25(38)28(24)30(40)27(18)31(41)34(19,36-44)32(29)42)22-8-7-17(16-37-11-3-4-12-37)20-5-1-2-6-21(20)22/h1-2,5-10,18-19,38-39,41H,3-4,11-16H2,(H2,35,43)/t18-,19+,34+/m1/s1. The molecule has 3 aromatic carbocycles. The zero-order valence-electron chi connectivity index (χ0n) is 23.9. The second-order valence-corrected chi connectivity index (χ2v) is 12.3. The van der Waals surface area contributed by atoms with Crippen LogP contribution in [0.5, 0.6) is 5.75 Å². The molecule has 1 amide bonds. The average Bonchev–Trinajstić information content (AvgIpc) is 3.51. The van der Waals surface area contributed by atoms with Gasteiger partial charge in [-0.2, -0.15) is 0 Å². The first-order valence-electron chi connectivity index (χ1n) is 14.8. The van der Waals surface area contributed by atoms with Gasteiger partial charge in [0.25, 0.3) is 5.91 Å². The highest BCUT2D eigenvalue weighted by Crippen LogP contribution is 2.54. The Hall–Kier alpha value is -4.83. The third kappa shape index (κ3) is 3.86. The summed E-state index contributed by atoms with van der Waals surface area (Å²) in [5.41, 5.74) is 5.30. The van der Waals surface area contributed by atoms with Gasteiger partial charge in [-0.3, -0.25) is 19.3 Å². The van der Waals surface area contributed by atoms with Crippen molar-refractivity contribution in [2.45, 2.75) is 44.2 Å². The van der Waals surface area contributed by atoms with Crippen molar-refractivity contribution in [3.63, 3.8) is 0 Å². The topological polar surface area (TPSA) is 171 Å². The molecule has 1 saturated heterocycles. The predicted molar refractivity (Wildman–Crippen MR) is 162 cm³/mol. The van der Waals surface area contributed by atoms with E-state index in [1.807, 2.05) is 24.3 Å². The van der Waals surface area contributed by atoms with Gasteiger partial charge in [0.15, 0.2) is 5.78 Å². The van der Waals surface area contributed by atoms with Crippen LogP contribution in [0.3, 0.4) is 0 Å².